The lowest BCUT2D eigenvalue weighted by Gasteiger charge is -2.17. The van der Waals surface area contributed by atoms with E-state index in [1.165, 1.54) is 0 Å². The van der Waals surface area contributed by atoms with Gasteiger partial charge in [0.15, 0.2) is 0 Å². The van der Waals surface area contributed by atoms with Gasteiger partial charge in [0.2, 0.25) is 0 Å². The average molecular weight is 278 g/mol. The fourth-order valence-electron chi connectivity index (χ4n) is 2.37. The predicted molar refractivity (Wildman–Crippen MR) is 82.3 cm³/mol. The van der Waals surface area contributed by atoms with Crippen molar-refractivity contribution in [2.45, 2.75) is 66.5 Å². The molecule has 0 atom stereocenters. The second kappa shape index (κ2) is 7.27. The second-order valence-corrected chi connectivity index (χ2v) is 5.48. The molecule has 1 aromatic rings. The summed E-state index contributed by atoms with van der Waals surface area (Å²) in [5, 5.41) is 2.80. The number of aromatic nitrogens is 1. The zero-order valence-electron chi connectivity index (χ0n) is 13.2. The minimum atomic E-state index is -0.277. The number of aryl methyl sites for hydroxylation is 1. The van der Waals surface area contributed by atoms with E-state index in [-0.39, 0.29) is 23.1 Å². The standard InChI is InChI=1S/C16H26N2O2/c1-6-8-9-18-14(7-2)12(5)10-13(16(18)20)15(19)17-11(3)4/h10-11H,6-9H2,1-5H3,(H,17,19). The monoisotopic (exact) mass is 278 g/mol. The normalized spacial score (nSPS) is 10.9. The van der Waals surface area contributed by atoms with Gasteiger partial charge >= 0.3 is 0 Å². The fraction of sp³-hybridized carbons (Fsp3) is 0.625. The van der Waals surface area contributed by atoms with Gasteiger partial charge in [0.1, 0.15) is 5.56 Å². The molecule has 4 heteroatoms. The lowest BCUT2D eigenvalue weighted by atomic mass is 10.1. The molecule has 1 heterocycles. The van der Waals surface area contributed by atoms with Gasteiger partial charge in [0.25, 0.3) is 11.5 Å². The highest BCUT2D eigenvalue weighted by atomic mass is 16.2. The van der Waals surface area contributed by atoms with E-state index in [0.29, 0.717) is 6.54 Å². The summed E-state index contributed by atoms with van der Waals surface area (Å²) in [6, 6.07) is 1.75. The van der Waals surface area contributed by atoms with Gasteiger partial charge in [0.05, 0.1) is 0 Å². The van der Waals surface area contributed by atoms with Crippen molar-refractivity contribution in [2.75, 3.05) is 0 Å². The maximum Gasteiger partial charge on any atom is 0.263 e. The van der Waals surface area contributed by atoms with Crippen molar-refractivity contribution in [3.8, 4) is 0 Å². The third-order valence-electron chi connectivity index (χ3n) is 3.35. The van der Waals surface area contributed by atoms with E-state index in [1.54, 1.807) is 10.6 Å². The number of pyridine rings is 1. The van der Waals surface area contributed by atoms with E-state index in [1.807, 2.05) is 27.7 Å². The van der Waals surface area contributed by atoms with Crippen LogP contribution in [-0.2, 0) is 13.0 Å². The van der Waals surface area contributed by atoms with Crippen LogP contribution >= 0.6 is 0 Å². The van der Waals surface area contributed by atoms with Crippen LogP contribution in [0.2, 0.25) is 0 Å². The minimum Gasteiger partial charge on any atom is -0.350 e. The van der Waals surface area contributed by atoms with Crippen molar-refractivity contribution in [3.63, 3.8) is 0 Å². The lowest BCUT2D eigenvalue weighted by molar-refractivity contribution is 0.0940. The number of nitrogens with zero attached hydrogens (tertiary/aromatic N) is 1. The Kier molecular flexibility index (Phi) is 5.99. The number of rotatable bonds is 6. The molecule has 1 aromatic heterocycles. The molecule has 0 aliphatic carbocycles. The summed E-state index contributed by atoms with van der Waals surface area (Å²) in [6.45, 7) is 10.6. The van der Waals surface area contributed by atoms with Crippen LogP contribution in [0.4, 0.5) is 0 Å². The summed E-state index contributed by atoms with van der Waals surface area (Å²) in [5.74, 6) is -0.277. The molecular weight excluding hydrogens is 252 g/mol. The maximum absolute atomic E-state index is 12.5. The summed E-state index contributed by atoms with van der Waals surface area (Å²) in [5.41, 5.74) is 2.13. The predicted octanol–water partition coefficient (Wildman–Crippen LogP) is 2.66. The smallest absolute Gasteiger partial charge is 0.263 e. The lowest BCUT2D eigenvalue weighted by Crippen LogP contribution is -2.37. The van der Waals surface area contributed by atoms with Gasteiger partial charge in [-0.15, -0.1) is 0 Å². The Morgan fingerprint density at radius 2 is 2.00 bits per heavy atom. The van der Waals surface area contributed by atoms with Crippen LogP contribution in [0.1, 0.15) is 62.2 Å². The zero-order chi connectivity index (χ0) is 15.3. The van der Waals surface area contributed by atoms with Crippen LogP contribution < -0.4 is 10.9 Å². The van der Waals surface area contributed by atoms with Gasteiger partial charge in [-0.2, -0.15) is 0 Å². The minimum absolute atomic E-state index is 0.0251. The van der Waals surface area contributed by atoms with Gasteiger partial charge in [-0.3, -0.25) is 9.59 Å². The third-order valence-corrected chi connectivity index (χ3v) is 3.35. The molecule has 1 rings (SSSR count). The van der Waals surface area contributed by atoms with Crippen molar-refractivity contribution in [1.29, 1.82) is 0 Å². The number of amides is 1. The molecule has 1 amide bonds. The Morgan fingerprint density at radius 3 is 2.50 bits per heavy atom. The van der Waals surface area contributed by atoms with Gasteiger partial charge in [-0.05, 0) is 45.2 Å². The van der Waals surface area contributed by atoms with Crippen LogP contribution in [0.3, 0.4) is 0 Å². The van der Waals surface area contributed by atoms with E-state index >= 15 is 0 Å². The highest BCUT2D eigenvalue weighted by Gasteiger charge is 2.17. The third kappa shape index (κ3) is 3.71. The Labute approximate surface area is 121 Å². The van der Waals surface area contributed by atoms with Crippen molar-refractivity contribution in [2.24, 2.45) is 0 Å². The van der Waals surface area contributed by atoms with E-state index in [9.17, 15) is 9.59 Å². The quantitative estimate of drug-likeness (QED) is 0.869. The van der Waals surface area contributed by atoms with Gasteiger partial charge in [-0.25, -0.2) is 0 Å². The van der Waals surface area contributed by atoms with Crippen LogP contribution in [-0.4, -0.2) is 16.5 Å². The molecule has 20 heavy (non-hydrogen) atoms. The number of carbonyl (C=O) groups excluding carboxylic acids is 1. The Bertz CT molecular complexity index is 530. The molecule has 4 nitrogen and oxygen atoms in total. The molecule has 0 saturated carbocycles. The molecule has 1 N–H and O–H groups in total. The number of hydrogen-bond acceptors (Lipinski definition) is 2. The molecule has 112 valence electrons. The first kappa shape index (κ1) is 16.5. The van der Waals surface area contributed by atoms with E-state index in [2.05, 4.69) is 12.2 Å². The van der Waals surface area contributed by atoms with Gasteiger partial charge in [0, 0.05) is 18.3 Å². The molecule has 0 aliphatic rings. The molecule has 0 spiro atoms. The largest absolute Gasteiger partial charge is 0.350 e. The average Bonchev–Trinajstić information content (AvgIpc) is 2.38. The number of unbranched alkanes of at least 4 members (excludes halogenated alkanes) is 1. The Morgan fingerprint density at radius 1 is 1.35 bits per heavy atom. The van der Waals surface area contributed by atoms with Crippen LogP contribution in [0.5, 0.6) is 0 Å². The fourth-order valence-corrected chi connectivity index (χ4v) is 2.37. The number of carbonyl (C=O) groups is 1. The zero-order valence-corrected chi connectivity index (χ0v) is 13.2. The summed E-state index contributed by atoms with van der Waals surface area (Å²) in [7, 11) is 0. The van der Waals surface area contributed by atoms with Crippen molar-refractivity contribution in [3.05, 3.63) is 33.2 Å². The van der Waals surface area contributed by atoms with E-state index in [4.69, 9.17) is 0 Å². The van der Waals surface area contributed by atoms with Crippen molar-refractivity contribution in [1.82, 2.24) is 9.88 Å². The molecule has 0 aromatic carbocycles. The Hall–Kier alpha value is -1.58. The van der Waals surface area contributed by atoms with Crippen molar-refractivity contribution < 1.29 is 4.79 Å². The summed E-state index contributed by atoms with van der Waals surface area (Å²) >= 11 is 0. The van der Waals surface area contributed by atoms with Crippen LogP contribution in [0.15, 0.2) is 10.9 Å². The first-order valence-corrected chi connectivity index (χ1v) is 7.46. The molecule has 0 bridgehead atoms. The molecule has 0 unspecified atom stereocenters. The first-order valence-electron chi connectivity index (χ1n) is 7.46. The molecule has 0 radical (unpaired) electrons. The van der Waals surface area contributed by atoms with E-state index < -0.39 is 0 Å². The maximum atomic E-state index is 12.5. The van der Waals surface area contributed by atoms with E-state index in [0.717, 1.165) is 30.5 Å². The Balaban J connectivity index is 3.31. The highest BCUT2D eigenvalue weighted by Crippen LogP contribution is 2.10. The summed E-state index contributed by atoms with van der Waals surface area (Å²) < 4.78 is 1.77. The van der Waals surface area contributed by atoms with Crippen LogP contribution in [0, 0.1) is 6.92 Å². The molecule has 0 aliphatic heterocycles. The molecule has 0 saturated heterocycles. The molecule has 0 fully saturated rings. The SMILES string of the molecule is CCCCn1c(CC)c(C)cc(C(=O)NC(C)C)c1=O. The molecular formula is C16H26N2O2. The van der Waals surface area contributed by atoms with Gasteiger partial charge in [-0.1, -0.05) is 20.3 Å². The van der Waals surface area contributed by atoms with Crippen LogP contribution in [0.25, 0.3) is 0 Å². The second-order valence-electron chi connectivity index (χ2n) is 5.48. The summed E-state index contributed by atoms with van der Waals surface area (Å²) in [6.07, 6.45) is 2.77. The highest BCUT2D eigenvalue weighted by molar-refractivity contribution is 5.94. The topological polar surface area (TPSA) is 51.1 Å². The number of hydrogen-bond donors (Lipinski definition) is 1. The van der Waals surface area contributed by atoms with Gasteiger partial charge < -0.3 is 9.88 Å². The van der Waals surface area contributed by atoms with Crippen molar-refractivity contribution >= 4 is 5.91 Å². The first-order chi connectivity index (χ1) is 9.42. The number of nitrogens with one attached hydrogen (secondary N) is 1. The summed E-state index contributed by atoms with van der Waals surface area (Å²) in [4.78, 5) is 24.7.